The van der Waals surface area contributed by atoms with Crippen molar-refractivity contribution in [3.8, 4) is 5.75 Å². The van der Waals surface area contributed by atoms with Crippen molar-refractivity contribution < 1.29 is 8.95 Å². The van der Waals surface area contributed by atoms with E-state index < -0.39 is 10.8 Å². The number of methoxy groups -OCH3 is 1. The van der Waals surface area contributed by atoms with E-state index >= 15 is 0 Å². The highest BCUT2D eigenvalue weighted by Gasteiger charge is 2.60. The second-order valence-electron chi connectivity index (χ2n) is 4.61. The molecule has 2 bridgehead atoms. The van der Waals surface area contributed by atoms with E-state index in [1.165, 1.54) is 19.3 Å². The van der Waals surface area contributed by atoms with E-state index in [2.05, 4.69) is 0 Å². The standard InChI is InChI=1S/C12H14O2S/c1-14-10-2-4-11(5-3-10)15(13)12-6-9(7-12)8-12/h2-5,9H,6-8H2,1H3. The first-order valence-corrected chi connectivity index (χ1v) is 6.44. The SMILES string of the molecule is COc1ccc(S(=O)C23CC(C2)C3)cc1. The molecular formula is C12H14O2S. The molecule has 0 amide bonds. The first kappa shape index (κ1) is 9.40. The summed E-state index contributed by atoms with van der Waals surface area (Å²) in [6, 6.07) is 7.63. The Morgan fingerprint density at radius 2 is 1.87 bits per heavy atom. The average molecular weight is 222 g/mol. The fourth-order valence-corrected chi connectivity index (χ4v) is 4.62. The zero-order chi connectivity index (χ0) is 10.5. The molecule has 3 fully saturated rings. The molecule has 0 radical (unpaired) electrons. The molecule has 0 N–H and O–H groups in total. The number of rotatable bonds is 3. The summed E-state index contributed by atoms with van der Waals surface area (Å²) < 4.78 is 17.5. The fraction of sp³-hybridized carbons (Fsp3) is 0.500. The molecule has 1 aromatic carbocycles. The van der Waals surface area contributed by atoms with Gasteiger partial charge in [-0.1, -0.05) is 0 Å². The molecule has 4 rings (SSSR count). The van der Waals surface area contributed by atoms with Crippen LogP contribution in [0, 0.1) is 5.92 Å². The van der Waals surface area contributed by atoms with E-state index in [4.69, 9.17) is 4.74 Å². The summed E-state index contributed by atoms with van der Waals surface area (Å²) in [4.78, 5) is 0.953. The highest BCUT2D eigenvalue weighted by molar-refractivity contribution is 7.86. The van der Waals surface area contributed by atoms with Gasteiger partial charge in [-0.25, -0.2) is 0 Å². The summed E-state index contributed by atoms with van der Waals surface area (Å²) in [6.07, 6.45) is 3.52. The van der Waals surface area contributed by atoms with Gasteiger partial charge >= 0.3 is 0 Å². The number of ether oxygens (including phenoxy) is 1. The van der Waals surface area contributed by atoms with Gasteiger partial charge in [-0.15, -0.1) is 0 Å². The zero-order valence-electron chi connectivity index (χ0n) is 8.73. The van der Waals surface area contributed by atoms with E-state index in [0.29, 0.717) is 0 Å². The van der Waals surface area contributed by atoms with Gasteiger partial charge in [0.2, 0.25) is 0 Å². The van der Waals surface area contributed by atoms with Crippen LogP contribution in [0.2, 0.25) is 0 Å². The van der Waals surface area contributed by atoms with E-state index in [-0.39, 0.29) is 4.75 Å². The van der Waals surface area contributed by atoms with Crippen LogP contribution in [0.15, 0.2) is 29.2 Å². The Morgan fingerprint density at radius 1 is 1.27 bits per heavy atom. The van der Waals surface area contributed by atoms with Crippen molar-refractivity contribution in [2.75, 3.05) is 7.11 Å². The Balaban J connectivity index is 1.83. The van der Waals surface area contributed by atoms with Gasteiger partial charge in [0.05, 0.1) is 22.7 Å². The van der Waals surface area contributed by atoms with Crippen molar-refractivity contribution in [3.63, 3.8) is 0 Å². The Hall–Kier alpha value is -0.830. The van der Waals surface area contributed by atoms with E-state index in [1.54, 1.807) is 7.11 Å². The molecule has 3 heteroatoms. The minimum absolute atomic E-state index is 0.152. The van der Waals surface area contributed by atoms with Crippen LogP contribution in [0.4, 0.5) is 0 Å². The third-order valence-corrected chi connectivity index (χ3v) is 5.64. The van der Waals surface area contributed by atoms with Crippen molar-refractivity contribution in [1.82, 2.24) is 0 Å². The molecule has 1 aromatic rings. The van der Waals surface area contributed by atoms with E-state index in [9.17, 15) is 4.21 Å². The largest absolute Gasteiger partial charge is 0.497 e. The molecule has 0 aromatic heterocycles. The molecule has 0 heterocycles. The van der Waals surface area contributed by atoms with Crippen molar-refractivity contribution in [1.29, 1.82) is 0 Å². The van der Waals surface area contributed by atoms with Crippen molar-refractivity contribution in [2.24, 2.45) is 5.92 Å². The Labute approximate surface area is 92.1 Å². The van der Waals surface area contributed by atoms with Gasteiger partial charge in [-0.3, -0.25) is 4.21 Å². The minimum Gasteiger partial charge on any atom is -0.497 e. The first-order chi connectivity index (χ1) is 7.23. The van der Waals surface area contributed by atoms with E-state index in [1.807, 2.05) is 24.3 Å². The Morgan fingerprint density at radius 3 is 2.27 bits per heavy atom. The maximum Gasteiger partial charge on any atom is 0.118 e. The van der Waals surface area contributed by atoms with Gasteiger partial charge in [0.15, 0.2) is 0 Å². The molecule has 15 heavy (non-hydrogen) atoms. The number of hydrogen-bond acceptors (Lipinski definition) is 2. The average Bonchev–Trinajstić information content (AvgIpc) is 2.13. The van der Waals surface area contributed by atoms with Gasteiger partial charge < -0.3 is 4.74 Å². The quantitative estimate of drug-likeness (QED) is 0.784. The predicted molar refractivity (Wildman–Crippen MR) is 59.5 cm³/mol. The van der Waals surface area contributed by atoms with Crippen molar-refractivity contribution in [2.45, 2.75) is 28.9 Å². The molecule has 3 aliphatic carbocycles. The minimum atomic E-state index is -0.807. The first-order valence-electron chi connectivity index (χ1n) is 5.29. The summed E-state index contributed by atoms with van der Waals surface area (Å²) in [5.74, 6) is 1.71. The lowest BCUT2D eigenvalue weighted by Gasteiger charge is -2.60. The molecule has 80 valence electrons. The highest BCUT2D eigenvalue weighted by Crippen LogP contribution is 2.61. The normalized spacial score (nSPS) is 33.8. The number of hydrogen-bond donors (Lipinski definition) is 0. The van der Waals surface area contributed by atoms with Crippen LogP contribution in [0.5, 0.6) is 5.75 Å². The van der Waals surface area contributed by atoms with Crippen LogP contribution >= 0.6 is 0 Å². The topological polar surface area (TPSA) is 26.3 Å². The third kappa shape index (κ3) is 1.26. The molecule has 0 aliphatic heterocycles. The summed E-state index contributed by atoms with van der Waals surface area (Å²) in [7, 11) is 0.839. The summed E-state index contributed by atoms with van der Waals surface area (Å²) >= 11 is 0. The molecule has 3 aliphatic rings. The predicted octanol–water partition coefficient (Wildman–Crippen LogP) is 2.36. The fourth-order valence-electron chi connectivity index (χ4n) is 2.58. The Bertz CT molecular complexity index is 393. The van der Waals surface area contributed by atoms with Crippen LogP contribution < -0.4 is 4.74 Å². The maximum absolute atomic E-state index is 12.3. The second-order valence-corrected chi connectivity index (χ2v) is 6.48. The van der Waals surface area contributed by atoms with Crippen LogP contribution in [0.3, 0.4) is 0 Å². The smallest absolute Gasteiger partial charge is 0.118 e. The lowest BCUT2D eigenvalue weighted by molar-refractivity contribution is 0.0531. The van der Waals surface area contributed by atoms with E-state index in [0.717, 1.165) is 16.6 Å². The van der Waals surface area contributed by atoms with Crippen molar-refractivity contribution >= 4 is 10.8 Å². The highest BCUT2D eigenvalue weighted by atomic mass is 32.2. The summed E-state index contributed by atoms with van der Waals surface area (Å²) in [5, 5.41) is 0. The summed E-state index contributed by atoms with van der Waals surface area (Å²) in [6.45, 7) is 0. The molecule has 3 saturated carbocycles. The van der Waals surface area contributed by atoms with Gasteiger partial charge in [-0.05, 0) is 49.4 Å². The monoisotopic (exact) mass is 222 g/mol. The summed E-state index contributed by atoms with van der Waals surface area (Å²) in [5.41, 5.74) is 0. The second kappa shape index (κ2) is 3.08. The maximum atomic E-state index is 12.3. The molecule has 2 nitrogen and oxygen atoms in total. The number of benzene rings is 1. The molecule has 1 atom stereocenters. The van der Waals surface area contributed by atoms with Crippen LogP contribution in [-0.4, -0.2) is 16.1 Å². The zero-order valence-corrected chi connectivity index (χ0v) is 9.55. The van der Waals surface area contributed by atoms with Crippen LogP contribution in [0.1, 0.15) is 19.3 Å². The van der Waals surface area contributed by atoms with Crippen molar-refractivity contribution in [3.05, 3.63) is 24.3 Å². The van der Waals surface area contributed by atoms with Gasteiger partial charge in [-0.2, -0.15) is 0 Å². The van der Waals surface area contributed by atoms with Gasteiger partial charge in [0.1, 0.15) is 5.75 Å². The van der Waals surface area contributed by atoms with Crippen LogP contribution in [0.25, 0.3) is 0 Å². The molecular weight excluding hydrogens is 208 g/mol. The lowest BCUT2D eigenvalue weighted by Crippen LogP contribution is -2.60. The van der Waals surface area contributed by atoms with Crippen LogP contribution in [-0.2, 0) is 10.8 Å². The van der Waals surface area contributed by atoms with Gasteiger partial charge in [0, 0.05) is 4.90 Å². The molecule has 1 unspecified atom stereocenters. The third-order valence-electron chi connectivity index (χ3n) is 3.65. The lowest BCUT2D eigenvalue weighted by atomic mass is 9.55. The molecule has 0 saturated heterocycles. The van der Waals surface area contributed by atoms with Gasteiger partial charge in [0.25, 0.3) is 0 Å². The molecule has 0 spiro atoms. The Kier molecular flexibility index (Phi) is 1.93.